The summed E-state index contributed by atoms with van der Waals surface area (Å²) in [6.07, 6.45) is 1.19. The van der Waals surface area contributed by atoms with Gasteiger partial charge in [-0.25, -0.2) is 4.57 Å². The molecule has 2 aromatic carbocycles. The van der Waals surface area contributed by atoms with E-state index in [4.69, 9.17) is 11.6 Å². The van der Waals surface area contributed by atoms with Crippen LogP contribution in [0.5, 0.6) is 0 Å². The number of aliphatic imine (C=N–C) groups is 1. The second kappa shape index (κ2) is 8.19. The molecular weight excluding hydrogens is 453 g/mol. The smallest absolute Gasteiger partial charge is 0.368 e. The molecule has 0 spiro atoms. The lowest BCUT2D eigenvalue weighted by Gasteiger charge is -2.25. The van der Waals surface area contributed by atoms with E-state index in [1.54, 1.807) is 6.21 Å². The summed E-state index contributed by atoms with van der Waals surface area (Å²) in [5, 5.41) is 0.651. The minimum absolute atomic E-state index is 0.134. The van der Waals surface area contributed by atoms with E-state index >= 15 is 0 Å². The van der Waals surface area contributed by atoms with Gasteiger partial charge >= 0.3 is 17.7 Å². The van der Waals surface area contributed by atoms with Crippen molar-refractivity contribution in [1.29, 1.82) is 0 Å². The SMILES string of the molecule is O=c1c2c([n+]3c(n1Cc1ccc(C(F)(F)F)cc1)N=CC3)C=CN(Cc1cccc(Cl)c1)C2. The fourth-order valence-electron chi connectivity index (χ4n) is 4.18. The van der Waals surface area contributed by atoms with Crippen LogP contribution in [0.1, 0.15) is 27.9 Å². The number of rotatable bonds is 4. The zero-order valence-electron chi connectivity index (χ0n) is 17.4. The number of halogens is 4. The van der Waals surface area contributed by atoms with Crippen LogP contribution in [-0.4, -0.2) is 15.7 Å². The van der Waals surface area contributed by atoms with Gasteiger partial charge in [-0.15, -0.1) is 0 Å². The highest BCUT2D eigenvalue weighted by Crippen LogP contribution is 2.29. The Labute approximate surface area is 192 Å². The highest BCUT2D eigenvalue weighted by molar-refractivity contribution is 6.30. The number of benzene rings is 2. The van der Waals surface area contributed by atoms with Gasteiger partial charge in [0.25, 0.3) is 0 Å². The molecule has 168 valence electrons. The number of fused-ring (bicyclic) bond motifs is 3. The fourth-order valence-corrected chi connectivity index (χ4v) is 4.39. The minimum atomic E-state index is -4.40. The Balaban J connectivity index is 1.48. The van der Waals surface area contributed by atoms with Crippen LogP contribution in [0.25, 0.3) is 6.08 Å². The Hall–Kier alpha value is -3.39. The molecule has 0 saturated heterocycles. The van der Waals surface area contributed by atoms with Gasteiger partial charge in [-0.2, -0.15) is 17.7 Å². The van der Waals surface area contributed by atoms with E-state index in [0.29, 0.717) is 41.7 Å². The van der Waals surface area contributed by atoms with E-state index in [9.17, 15) is 18.0 Å². The molecule has 1 aromatic heterocycles. The molecule has 3 aromatic rings. The summed E-state index contributed by atoms with van der Waals surface area (Å²) in [6, 6.07) is 12.4. The summed E-state index contributed by atoms with van der Waals surface area (Å²) in [7, 11) is 0. The van der Waals surface area contributed by atoms with Crippen LogP contribution in [0.3, 0.4) is 0 Å². The molecule has 0 saturated carbocycles. The van der Waals surface area contributed by atoms with Gasteiger partial charge in [0, 0.05) is 17.8 Å². The molecule has 0 radical (unpaired) electrons. The van der Waals surface area contributed by atoms with Crippen molar-refractivity contribution >= 4 is 29.8 Å². The van der Waals surface area contributed by atoms with Crippen LogP contribution in [-0.2, 0) is 32.4 Å². The van der Waals surface area contributed by atoms with E-state index in [-0.39, 0.29) is 12.1 Å². The van der Waals surface area contributed by atoms with Gasteiger partial charge in [-0.3, -0.25) is 4.79 Å². The summed E-state index contributed by atoms with van der Waals surface area (Å²) in [5.41, 5.74) is 2.13. The topological polar surface area (TPSA) is 41.5 Å². The number of alkyl halides is 3. The second-order valence-corrected chi connectivity index (χ2v) is 8.46. The predicted octanol–water partition coefficient (Wildman–Crippen LogP) is 4.56. The lowest BCUT2D eigenvalue weighted by atomic mass is 10.1. The Kier molecular flexibility index (Phi) is 5.32. The van der Waals surface area contributed by atoms with Gasteiger partial charge < -0.3 is 4.90 Å². The quantitative estimate of drug-likeness (QED) is 0.523. The van der Waals surface area contributed by atoms with Gasteiger partial charge in [0.05, 0.1) is 17.7 Å². The van der Waals surface area contributed by atoms with Crippen LogP contribution in [0.2, 0.25) is 5.02 Å². The third kappa shape index (κ3) is 4.18. The van der Waals surface area contributed by atoms with E-state index in [0.717, 1.165) is 23.4 Å². The van der Waals surface area contributed by atoms with Crippen molar-refractivity contribution in [3.05, 3.63) is 98.1 Å². The fraction of sp³-hybridized carbons (Fsp3) is 0.208. The van der Waals surface area contributed by atoms with Crippen molar-refractivity contribution in [1.82, 2.24) is 9.47 Å². The van der Waals surface area contributed by atoms with Gasteiger partial charge in [0.2, 0.25) is 0 Å². The maximum Gasteiger partial charge on any atom is 0.416 e. The van der Waals surface area contributed by atoms with Crippen molar-refractivity contribution in [2.45, 2.75) is 32.4 Å². The largest absolute Gasteiger partial charge is 0.416 e. The standard InChI is InChI=1S/C24H19ClF3N4O/c25-19-3-1-2-17(12-19)13-30-10-8-21-20(15-30)22(33)32(23-29-9-11-31(21)23)14-16-4-6-18(7-5-16)24(26,27)28/h1-10,12H,11,13-15H2/q+1. The first-order chi connectivity index (χ1) is 15.8. The Morgan fingerprint density at radius 3 is 2.58 bits per heavy atom. The monoisotopic (exact) mass is 471 g/mol. The molecule has 0 N–H and O–H groups in total. The molecule has 0 amide bonds. The third-order valence-electron chi connectivity index (χ3n) is 5.76. The minimum Gasteiger partial charge on any atom is -0.368 e. The molecule has 9 heteroatoms. The van der Waals surface area contributed by atoms with E-state index in [2.05, 4.69) is 4.99 Å². The highest BCUT2D eigenvalue weighted by atomic mass is 35.5. The molecule has 0 aliphatic carbocycles. The molecule has 0 bridgehead atoms. The van der Waals surface area contributed by atoms with Gasteiger partial charge in [0.1, 0.15) is 25.0 Å². The number of hydrogen-bond donors (Lipinski definition) is 0. The van der Waals surface area contributed by atoms with Crippen molar-refractivity contribution in [2.24, 2.45) is 4.99 Å². The van der Waals surface area contributed by atoms with Crippen LogP contribution < -0.4 is 10.1 Å². The Morgan fingerprint density at radius 2 is 1.85 bits per heavy atom. The van der Waals surface area contributed by atoms with Crippen LogP contribution >= 0.6 is 11.6 Å². The molecule has 0 atom stereocenters. The van der Waals surface area contributed by atoms with Crippen LogP contribution in [0.4, 0.5) is 19.1 Å². The number of nitrogens with zero attached hydrogens (tertiary/aromatic N) is 4. The summed E-state index contributed by atoms with van der Waals surface area (Å²) in [5.74, 6) is 0.492. The van der Waals surface area contributed by atoms with Crippen molar-refractivity contribution in [3.63, 3.8) is 0 Å². The Bertz CT molecular complexity index is 1340. The molecule has 2 aliphatic rings. The molecule has 33 heavy (non-hydrogen) atoms. The van der Waals surface area contributed by atoms with Crippen molar-refractivity contribution < 1.29 is 17.7 Å². The average Bonchev–Trinajstić information content (AvgIpc) is 3.26. The lowest BCUT2D eigenvalue weighted by molar-refractivity contribution is -0.669. The van der Waals surface area contributed by atoms with Crippen molar-refractivity contribution in [3.8, 4) is 0 Å². The van der Waals surface area contributed by atoms with Gasteiger partial charge in [-0.05, 0) is 41.5 Å². The van der Waals surface area contributed by atoms with Crippen molar-refractivity contribution in [2.75, 3.05) is 0 Å². The first-order valence-electron chi connectivity index (χ1n) is 10.3. The van der Waals surface area contributed by atoms with Crippen LogP contribution in [0.15, 0.2) is 64.5 Å². The third-order valence-corrected chi connectivity index (χ3v) is 5.99. The van der Waals surface area contributed by atoms with Gasteiger partial charge in [0.15, 0.2) is 0 Å². The van der Waals surface area contributed by atoms with Crippen LogP contribution in [0, 0.1) is 0 Å². The molecular formula is C24H19ClF3N4O+. The van der Waals surface area contributed by atoms with Gasteiger partial charge in [-0.1, -0.05) is 40.9 Å². The number of hydrogen-bond acceptors (Lipinski definition) is 3. The number of aromatic nitrogens is 2. The molecule has 0 fully saturated rings. The predicted molar refractivity (Wildman–Crippen MR) is 119 cm³/mol. The zero-order chi connectivity index (χ0) is 23.2. The highest BCUT2D eigenvalue weighted by Gasteiger charge is 2.32. The van der Waals surface area contributed by atoms with E-state index < -0.39 is 11.7 Å². The molecule has 5 nitrogen and oxygen atoms in total. The maximum atomic E-state index is 13.5. The van der Waals surface area contributed by atoms with E-state index in [1.165, 1.54) is 16.7 Å². The van der Waals surface area contributed by atoms with E-state index in [1.807, 2.05) is 46.0 Å². The normalized spacial score (nSPS) is 14.5. The summed E-state index contributed by atoms with van der Waals surface area (Å²) >= 11 is 6.10. The second-order valence-electron chi connectivity index (χ2n) is 8.02. The maximum absolute atomic E-state index is 13.5. The lowest BCUT2D eigenvalue weighted by Crippen LogP contribution is -2.46. The first-order valence-corrected chi connectivity index (χ1v) is 10.7. The molecule has 3 heterocycles. The molecule has 0 unspecified atom stereocenters. The molecule has 5 rings (SSSR count). The summed E-state index contributed by atoms with van der Waals surface area (Å²) < 4.78 is 42.2. The Morgan fingerprint density at radius 1 is 1.06 bits per heavy atom. The average molecular weight is 472 g/mol. The zero-order valence-corrected chi connectivity index (χ0v) is 18.1. The summed E-state index contributed by atoms with van der Waals surface area (Å²) in [6.45, 7) is 1.66. The summed E-state index contributed by atoms with van der Waals surface area (Å²) in [4.78, 5) is 19.9. The first kappa shape index (κ1) is 21.5. The molecule has 2 aliphatic heterocycles.